The zero-order chi connectivity index (χ0) is 11.1. The Morgan fingerprint density at radius 3 is 2.53 bits per heavy atom. The van der Waals surface area contributed by atoms with Crippen LogP contribution >= 0.6 is 0 Å². The standard InChI is InChI=1S/C12H26N2O/c1-11(10-15-3)8-13-12(2)9-14-6-4-5-7-14/h11-13H,4-10H2,1-3H3. The molecule has 3 nitrogen and oxygen atoms in total. The SMILES string of the molecule is COCC(C)CNC(C)CN1CCCC1. The maximum atomic E-state index is 5.12. The van der Waals surface area contributed by atoms with Crippen molar-refractivity contribution >= 4 is 0 Å². The van der Waals surface area contributed by atoms with Gasteiger partial charge in [0, 0.05) is 32.8 Å². The number of ether oxygens (including phenoxy) is 1. The van der Waals surface area contributed by atoms with Gasteiger partial charge in [0.2, 0.25) is 0 Å². The summed E-state index contributed by atoms with van der Waals surface area (Å²) in [7, 11) is 1.77. The molecule has 2 unspecified atom stereocenters. The fourth-order valence-electron chi connectivity index (χ4n) is 2.16. The molecule has 1 rings (SSSR count). The third-order valence-electron chi connectivity index (χ3n) is 3.00. The lowest BCUT2D eigenvalue weighted by Gasteiger charge is -2.22. The normalized spacial score (nSPS) is 21.8. The molecule has 0 radical (unpaired) electrons. The van der Waals surface area contributed by atoms with Gasteiger partial charge in [-0.25, -0.2) is 0 Å². The Labute approximate surface area is 94.2 Å². The first kappa shape index (κ1) is 12.9. The number of hydrogen-bond donors (Lipinski definition) is 1. The van der Waals surface area contributed by atoms with Crippen LogP contribution in [-0.2, 0) is 4.74 Å². The molecular formula is C12H26N2O. The van der Waals surface area contributed by atoms with Crippen LogP contribution in [0, 0.1) is 5.92 Å². The van der Waals surface area contributed by atoms with Gasteiger partial charge in [-0.3, -0.25) is 0 Å². The number of likely N-dealkylation sites (tertiary alicyclic amines) is 1. The number of nitrogens with zero attached hydrogens (tertiary/aromatic N) is 1. The molecule has 3 heteroatoms. The molecule has 15 heavy (non-hydrogen) atoms. The van der Waals surface area contributed by atoms with Crippen molar-refractivity contribution in [3.63, 3.8) is 0 Å². The molecule has 0 saturated carbocycles. The summed E-state index contributed by atoms with van der Waals surface area (Å²) in [6.07, 6.45) is 2.76. The molecule has 0 spiro atoms. The quantitative estimate of drug-likeness (QED) is 0.692. The first-order valence-electron chi connectivity index (χ1n) is 6.17. The van der Waals surface area contributed by atoms with Gasteiger partial charge in [0.15, 0.2) is 0 Å². The molecule has 0 amide bonds. The number of nitrogens with one attached hydrogen (secondary N) is 1. The van der Waals surface area contributed by atoms with E-state index in [9.17, 15) is 0 Å². The van der Waals surface area contributed by atoms with E-state index in [1.54, 1.807) is 7.11 Å². The highest BCUT2D eigenvalue weighted by molar-refractivity contribution is 4.72. The van der Waals surface area contributed by atoms with Crippen molar-refractivity contribution in [3.8, 4) is 0 Å². The average molecular weight is 214 g/mol. The molecular weight excluding hydrogens is 188 g/mol. The third kappa shape index (κ3) is 5.50. The van der Waals surface area contributed by atoms with Gasteiger partial charge < -0.3 is 15.0 Å². The highest BCUT2D eigenvalue weighted by atomic mass is 16.5. The van der Waals surface area contributed by atoms with Gasteiger partial charge in [-0.1, -0.05) is 6.92 Å². The van der Waals surface area contributed by atoms with Crippen LogP contribution in [0.2, 0.25) is 0 Å². The predicted octanol–water partition coefficient (Wildman–Crippen LogP) is 1.34. The molecule has 0 aromatic rings. The summed E-state index contributed by atoms with van der Waals surface area (Å²) < 4.78 is 5.12. The van der Waals surface area contributed by atoms with Gasteiger partial charge in [0.25, 0.3) is 0 Å². The maximum absolute atomic E-state index is 5.12. The van der Waals surface area contributed by atoms with Crippen LogP contribution in [0.5, 0.6) is 0 Å². The first-order chi connectivity index (χ1) is 7.22. The Kier molecular flexibility index (Phi) is 6.22. The lowest BCUT2D eigenvalue weighted by Crippen LogP contribution is -2.40. The second kappa shape index (κ2) is 7.20. The van der Waals surface area contributed by atoms with E-state index >= 15 is 0 Å². The molecule has 90 valence electrons. The first-order valence-corrected chi connectivity index (χ1v) is 6.17. The zero-order valence-electron chi connectivity index (χ0n) is 10.5. The fraction of sp³-hybridized carbons (Fsp3) is 1.00. The summed E-state index contributed by atoms with van der Waals surface area (Å²) in [5.41, 5.74) is 0. The second-order valence-electron chi connectivity index (χ2n) is 4.88. The Bertz CT molecular complexity index is 158. The maximum Gasteiger partial charge on any atom is 0.0499 e. The Hall–Kier alpha value is -0.120. The lowest BCUT2D eigenvalue weighted by molar-refractivity contribution is 0.155. The zero-order valence-corrected chi connectivity index (χ0v) is 10.5. The summed E-state index contributed by atoms with van der Waals surface area (Å²) in [6, 6.07) is 0.599. The molecule has 0 aliphatic carbocycles. The number of hydrogen-bond acceptors (Lipinski definition) is 3. The highest BCUT2D eigenvalue weighted by Gasteiger charge is 2.14. The van der Waals surface area contributed by atoms with E-state index in [2.05, 4.69) is 24.1 Å². The van der Waals surface area contributed by atoms with Crippen molar-refractivity contribution in [1.82, 2.24) is 10.2 Å². The van der Waals surface area contributed by atoms with Crippen LogP contribution in [0.4, 0.5) is 0 Å². The molecule has 1 N–H and O–H groups in total. The lowest BCUT2D eigenvalue weighted by atomic mass is 10.2. The highest BCUT2D eigenvalue weighted by Crippen LogP contribution is 2.07. The molecule has 1 fully saturated rings. The van der Waals surface area contributed by atoms with Gasteiger partial charge in [0.1, 0.15) is 0 Å². The van der Waals surface area contributed by atoms with E-state index in [-0.39, 0.29) is 0 Å². The minimum absolute atomic E-state index is 0.599. The number of methoxy groups -OCH3 is 1. The molecule has 0 bridgehead atoms. The van der Waals surface area contributed by atoms with E-state index in [0.29, 0.717) is 12.0 Å². The minimum atomic E-state index is 0.599. The molecule has 2 atom stereocenters. The summed E-state index contributed by atoms with van der Waals surface area (Å²) in [5.74, 6) is 0.607. The molecule has 0 aromatic heterocycles. The Balaban J connectivity index is 2.04. The summed E-state index contributed by atoms with van der Waals surface area (Å²) in [5, 5.41) is 3.57. The van der Waals surface area contributed by atoms with Crippen molar-refractivity contribution in [2.24, 2.45) is 5.92 Å². The monoisotopic (exact) mass is 214 g/mol. The Morgan fingerprint density at radius 2 is 1.93 bits per heavy atom. The largest absolute Gasteiger partial charge is 0.384 e. The van der Waals surface area contributed by atoms with Crippen molar-refractivity contribution in [2.75, 3.05) is 39.9 Å². The van der Waals surface area contributed by atoms with Gasteiger partial charge in [-0.05, 0) is 38.8 Å². The van der Waals surface area contributed by atoms with Gasteiger partial charge in [-0.2, -0.15) is 0 Å². The summed E-state index contributed by atoms with van der Waals surface area (Å²) in [6.45, 7) is 10.2. The van der Waals surface area contributed by atoms with E-state index in [1.807, 2.05) is 0 Å². The van der Waals surface area contributed by atoms with Crippen molar-refractivity contribution in [1.29, 1.82) is 0 Å². The molecule has 1 aliphatic heterocycles. The van der Waals surface area contributed by atoms with Crippen LogP contribution in [0.1, 0.15) is 26.7 Å². The van der Waals surface area contributed by atoms with Gasteiger partial charge in [-0.15, -0.1) is 0 Å². The minimum Gasteiger partial charge on any atom is -0.384 e. The summed E-state index contributed by atoms with van der Waals surface area (Å²) in [4.78, 5) is 2.55. The van der Waals surface area contributed by atoms with Crippen LogP contribution < -0.4 is 5.32 Å². The fourth-order valence-corrected chi connectivity index (χ4v) is 2.16. The van der Waals surface area contributed by atoms with Crippen LogP contribution in [0.15, 0.2) is 0 Å². The topological polar surface area (TPSA) is 24.5 Å². The molecule has 1 heterocycles. The van der Waals surface area contributed by atoms with Gasteiger partial charge in [0.05, 0.1) is 0 Å². The molecule has 0 aromatic carbocycles. The Morgan fingerprint density at radius 1 is 1.27 bits per heavy atom. The molecule has 1 saturated heterocycles. The van der Waals surface area contributed by atoms with Gasteiger partial charge >= 0.3 is 0 Å². The summed E-state index contributed by atoms with van der Waals surface area (Å²) >= 11 is 0. The van der Waals surface area contributed by atoms with Crippen LogP contribution in [0.3, 0.4) is 0 Å². The van der Waals surface area contributed by atoms with E-state index in [4.69, 9.17) is 4.74 Å². The molecule has 1 aliphatic rings. The smallest absolute Gasteiger partial charge is 0.0499 e. The van der Waals surface area contributed by atoms with Crippen LogP contribution in [-0.4, -0.2) is 50.8 Å². The van der Waals surface area contributed by atoms with Crippen molar-refractivity contribution in [3.05, 3.63) is 0 Å². The van der Waals surface area contributed by atoms with E-state index in [0.717, 1.165) is 13.2 Å². The van der Waals surface area contributed by atoms with Crippen molar-refractivity contribution < 1.29 is 4.74 Å². The van der Waals surface area contributed by atoms with Crippen molar-refractivity contribution in [2.45, 2.75) is 32.7 Å². The number of rotatable bonds is 7. The third-order valence-corrected chi connectivity index (χ3v) is 3.00. The second-order valence-corrected chi connectivity index (χ2v) is 4.88. The predicted molar refractivity (Wildman–Crippen MR) is 64.2 cm³/mol. The average Bonchev–Trinajstić information content (AvgIpc) is 2.68. The van der Waals surface area contributed by atoms with E-state index in [1.165, 1.54) is 32.5 Å². The van der Waals surface area contributed by atoms with E-state index < -0.39 is 0 Å². The van der Waals surface area contributed by atoms with Crippen LogP contribution in [0.25, 0.3) is 0 Å².